The first-order valence-electron chi connectivity index (χ1n) is 3.55. The summed E-state index contributed by atoms with van der Waals surface area (Å²) in [7, 11) is 0. The van der Waals surface area contributed by atoms with Gasteiger partial charge in [0.1, 0.15) is 0 Å². The molecule has 14 heavy (non-hydrogen) atoms. The second-order valence-corrected chi connectivity index (χ2v) is 2.42. The molecule has 0 amide bonds. The van der Waals surface area contributed by atoms with Crippen molar-refractivity contribution < 1.29 is 17.6 Å². The zero-order valence-corrected chi connectivity index (χ0v) is 6.77. The number of nitriles is 1. The van der Waals surface area contributed by atoms with Crippen molar-refractivity contribution >= 4 is 0 Å². The van der Waals surface area contributed by atoms with Gasteiger partial charge in [0.2, 0.25) is 0 Å². The minimum absolute atomic E-state index is 0.466. The van der Waals surface area contributed by atoms with Crippen LogP contribution < -0.4 is 0 Å². The number of aromatic nitrogens is 1. The van der Waals surface area contributed by atoms with Crippen LogP contribution in [0.25, 0.3) is 0 Å². The van der Waals surface area contributed by atoms with Gasteiger partial charge in [-0.1, -0.05) is 0 Å². The molecule has 0 aliphatic carbocycles. The number of rotatable bonds is 2. The van der Waals surface area contributed by atoms with Gasteiger partial charge in [-0.3, -0.25) is 4.98 Å². The number of pyridine rings is 1. The van der Waals surface area contributed by atoms with Crippen LogP contribution in [0.5, 0.6) is 0 Å². The maximum absolute atomic E-state index is 13.0. The molecule has 2 nitrogen and oxygen atoms in total. The predicted molar refractivity (Wildman–Crippen MR) is 38.4 cm³/mol. The fourth-order valence-corrected chi connectivity index (χ4v) is 0.919. The van der Waals surface area contributed by atoms with E-state index in [1.165, 1.54) is 0 Å². The van der Waals surface area contributed by atoms with Gasteiger partial charge in [0.15, 0.2) is 11.6 Å². The summed E-state index contributed by atoms with van der Waals surface area (Å²) in [6.07, 6.45) is -3.24. The van der Waals surface area contributed by atoms with Crippen molar-refractivity contribution in [2.75, 3.05) is 0 Å². The molecule has 0 aromatic carbocycles. The molecule has 74 valence electrons. The molecule has 0 aliphatic rings. The smallest absolute Gasteiger partial charge is 0.254 e. The maximum Gasteiger partial charge on any atom is 0.269 e. The third-order valence-corrected chi connectivity index (χ3v) is 1.55. The fraction of sp³-hybridized carbons (Fsp3) is 0.250. The lowest BCUT2D eigenvalue weighted by molar-refractivity contribution is 0.140. The summed E-state index contributed by atoms with van der Waals surface area (Å²) in [5.74, 6) is -2.85. The van der Waals surface area contributed by atoms with Gasteiger partial charge in [0.05, 0.1) is 29.9 Å². The Hall–Kier alpha value is -1.64. The minimum atomic E-state index is -3.25. The third-order valence-electron chi connectivity index (χ3n) is 1.55. The van der Waals surface area contributed by atoms with Crippen LogP contribution in [0.3, 0.4) is 0 Å². The van der Waals surface area contributed by atoms with Crippen LogP contribution in [-0.4, -0.2) is 4.98 Å². The van der Waals surface area contributed by atoms with Crippen molar-refractivity contribution in [3.63, 3.8) is 0 Å². The monoisotopic (exact) mass is 204 g/mol. The number of nitrogens with zero attached hydrogens (tertiary/aromatic N) is 2. The molecular formula is C8H4F4N2. The van der Waals surface area contributed by atoms with E-state index in [0.29, 0.717) is 6.20 Å². The van der Waals surface area contributed by atoms with Crippen LogP contribution in [-0.2, 0) is 6.42 Å². The van der Waals surface area contributed by atoms with E-state index in [4.69, 9.17) is 5.26 Å². The summed E-state index contributed by atoms with van der Waals surface area (Å²) in [6, 6.07) is 1.54. The standard InChI is InChI=1S/C8H4F4N2/c9-4-3-14-5(1-2-13)7(10)6(4)8(11)12/h3,8H,1H2. The van der Waals surface area contributed by atoms with Crippen LogP contribution in [0.4, 0.5) is 17.6 Å². The quantitative estimate of drug-likeness (QED) is 0.693. The molecule has 0 saturated carbocycles. The Balaban J connectivity index is 3.28. The molecule has 0 unspecified atom stereocenters. The number of alkyl halides is 2. The van der Waals surface area contributed by atoms with Crippen LogP contribution >= 0.6 is 0 Å². The molecule has 0 N–H and O–H groups in total. The highest BCUT2D eigenvalue weighted by molar-refractivity contribution is 5.23. The van der Waals surface area contributed by atoms with E-state index in [-0.39, 0.29) is 0 Å². The average molecular weight is 204 g/mol. The molecule has 6 heteroatoms. The van der Waals surface area contributed by atoms with Crippen molar-refractivity contribution in [1.82, 2.24) is 4.98 Å². The molecule has 1 heterocycles. The van der Waals surface area contributed by atoms with Crippen molar-refractivity contribution in [3.8, 4) is 6.07 Å². The molecule has 0 fully saturated rings. The zero-order valence-electron chi connectivity index (χ0n) is 6.77. The molecule has 1 rings (SSSR count). The lowest BCUT2D eigenvalue weighted by Crippen LogP contribution is -2.03. The Morgan fingerprint density at radius 3 is 2.57 bits per heavy atom. The van der Waals surface area contributed by atoms with Crippen molar-refractivity contribution in [2.24, 2.45) is 0 Å². The molecule has 0 atom stereocenters. The lowest BCUT2D eigenvalue weighted by atomic mass is 10.2. The van der Waals surface area contributed by atoms with Crippen molar-refractivity contribution in [3.05, 3.63) is 29.1 Å². The Morgan fingerprint density at radius 2 is 2.07 bits per heavy atom. The predicted octanol–water partition coefficient (Wildman–Crippen LogP) is 2.36. The van der Waals surface area contributed by atoms with Gasteiger partial charge in [0, 0.05) is 0 Å². The second kappa shape index (κ2) is 4.05. The topological polar surface area (TPSA) is 36.7 Å². The summed E-state index contributed by atoms with van der Waals surface area (Å²) >= 11 is 0. The van der Waals surface area contributed by atoms with E-state index in [1.54, 1.807) is 6.07 Å². The number of hydrogen-bond donors (Lipinski definition) is 0. The largest absolute Gasteiger partial charge is 0.269 e. The fourth-order valence-electron chi connectivity index (χ4n) is 0.919. The first-order chi connectivity index (χ1) is 6.57. The van der Waals surface area contributed by atoms with E-state index in [1.807, 2.05) is 0 Å². The summed E-state index contributed by atoms with van der Waals surface area (Å²) in [6.45, 7) is 0. The minimum Gasteiger partial charge on any atom is -0.254 e. The van der Waals surface area contributed by atoms with Crippen LogP contribution in [0.15, 0.2) is 6.20 Å². The highest BCUT2D eigenvalue weighted by Gasteiger charge is 2.22. The van der Waals surface area contributed by atoms with Gasteiger partial charge < -0.3 is 0 Å². The van der Waals surface area contributed by atoms with E-state index in [2.05, 4.69) is 4.98 Å². The van der Waals surface area contributed by atoms with Gasteiger partial charge in [-0.15, -0.1) is 0 Å². The van der Waals surface area contributed by atoms with Gasteiger partial charge in [0.25, 0.3) is 6.43 Å². The normalized spacial score (nSPS) is 10.3. The molecule has 0 aliphatic heterocycles. The highest BCUT2D eigenvalue weighted by Crippen LogP contribution is 2.25. The highest BCUT2D eigenvalue weighted by atomic mass is 19.3. The second-order valence-electron chi connectivity index (χ2n) is 2.42. The summed E-state index contributed by atoms with van der Waals surface area (Å²) in [5, 5.41) is 8.21. The molecular weight excluding hydrogens is 200 g/mol. The Bertz CT molecular complexity index is 384. The Kier molecular flexibility index (Phi) is 3.02. The number of halogens is 4. The molecule has 0 bridgehead atoms. The summed E-state index contributed by atoms with van der Waals surface area (Å²) in [5.41, 5.74) is -1.80. The zero-order chi connectivity index (χ0) is 10.7. The lowest BCUT2D eigenvalue weighted by Gasteiger charge is -2.05. The van der Waals surface area contributed by atoms with Crippen LogP contribution in [0.2, 0.25) is 0 Å². The van der Waals surface area contributed by atoms with E-state index in [9.17, 15) is 17.6 Å². The molecule has 0 spiro atoms. The SMILES string of the molecule is N#CCc1ncc(F)c(C(F)F)c1F. The average Bonchev–Trinajstić information content (AvgIpc) is 2.10. The molecule has 0 saturated heterocycles. The van der Waals surface area contributed by atoms with Crippen molar-refractivity contribution in [2.45, 2.75) is 12.8 Å². The van der Waals surface area contributed by atoms with Crippen molar-refractivity contribution in [1.29, 1.82) is 5.26 Å². The summed E-state index contributed by atoms with van der Waals surface area (Å²) in [4.78, 5) is 3.20. The Morgan fingerprint density at radius 1 is 1.43 bits per heavy atom. The third kappa shape index (κ3) is 1.82. The van der Waals surface area contributed by atoms with E-state index < -0.39 is 35.7 Å². The van der Waals surface area contributed by atoms with E-state index in [0.717, 1.165) is 0 Å². The van der Waals surface area contributed by atoms with Crippen LogP contribution in [0, 0.1) is 23.0 Å². The first kappa shape index (κ1) is 10.4. The summed E-state index contributed by atoms with van der Waals surface area (Å²) < 4.78 is 49.9. The van der Waals surface area contributed by atoms with Gasteiger partial charge in [-0.2, -0.15) is 5.26 Å². The Labute approximate surface area is 76.8 Å². The first-order valence-corrected chi connectivity index (χ1v) is 3.55. The molecule has 1 aromatic heterocycles. The van der Waals surface area contributed by atoms with Gasteiger partial charge in [-0.05, 0) is 0 Å². The van der Waals surface area contributed by atoms with Gasteiger partial charge >= 0.3 is 0 Å². The maximum atomic E-state index is 13.0. The molecule has 0 radical (unpaired) electrons. The molecule has 1 aromatic rings. The van der Waals surface area contributed by atoms with E-state index >= 15 is 0 Å². The number of hydrogen-bond acceptors (Lipinski definition) is 2. The van der Waals surface area contributed by atoms with Gasteiger partial charge in [-0.25, -0.2) is 17.6 Å². The van der Waals surface area contributed by atoms with Crippen LogP contribution in [0.1, 0.15) is 17.7 Å².